The highest BCUT2D eigenvalue weighted by Crippen LogP contribution is 2.31. The minimum atomic E-state index is -0.396. The van der Waals surface area contributed by atoms with Crippen LogP contribution in [0.1, 0.15) is 0 Å². The molecule has 0 spiro atoms. The minimum Gasteiger partial charge on any atom is -0.397 e. The van der Waals surface area contributed by atoms with Crippen LogP contribution >= 0.6 is 27.5 Å². The normalized spacial score (nSPS) is 10.3. The van der Waals surface area contributed by atoms with E-state index in [4.69, 9.17) is 17.3 Å². The summed E-state index contributed by atoms with van der Waals surface area (Å²) in [5.74, 6) is -0.396. The van der Waals surface area contributed by atoms with Crippen LogP contribution in [0.5, 0.6) is 0 Å². The molecule has 2 aromatic rings. The van der Waals surface area contributed by atoms with Crippen LogP contribution in [0.3, 0.4) is 0 Å². The van der Waals surface area contributed by atoms with Gasteiger partial charge in [-0.2, -0.15) is 0 Å². The predicted molar refractivity (Wildman–Crippen MR) is 73.2 cm³/mol. The SMILES string of the molecule is Nc1cc(F)c(Br)cc1Nc1ccccc1Cl. The molecule has 2 rings (SSSR count). The van der Waals surface area contributed by atoms with Gasteiger partial charge in [-0.15, -0.1) is 0 Å². The summed E-state index contributed by atoms with van der Waals surface area (Å²) in [5, 5.41) is 3.63. The Kier molecular flexibility index (Phi) is 3.54. The number of nitrogens with one attached hydrogen (secondary N) is 1. The third-order valence-electron chi connectivity index (χ3n) is 2.24. The molecule has 0 aliphatic carbocycles. The first kappa shape index (κ1) is 12.2. The number of anilines is 3. The Balaban J connectivity index is 2.37. The van der Waals surface area contributed by atoms with Crippen molar-refractivity contribution in [3.8, 4) is 0 Å². The van der Waals surface area contributed by atoms with Gasteiger partial charge in [-0.05, 0) is 34.1 Å². The van der Waals surface area contributed by atoms with Crippen LogP contribution in [0.2, 0.25) is 5.02 Å². The Bertz CT molecular complexity index is 560. The first-order chi connectivity index (χ1) is 8.08. The minimum absolute atomic E-state index is 0.325. The molecule has 0 atom stereocenters. The molecule has 0 saturated carbocycles. The number of hydrogen-bond acceptors (Lipinski definition) is 2. The molecule has 0 fully saturated rings. The van der Waals surface area contributed by atoms with E-state index in [1.54, 1.807) is 12.1 Å². The first-order valence-corrected chi connectivity index (χ1v) is 6.01. The van der Waals surface area contributed by atoms with Gasteiger partial charge in [0.1, 0.15) is 5.82 Å². The highest BCUT2D eigenvalue weighted by Gasteiger charge is 2.07. The largest absolute Gasteiger partial charge is 0.397 e. The van der Waals surface area contributed by atoms with E-state index in [2.05, 4.69) is 21.2 Å². The zero-order chi connectivity index (χ0) is 12.4. The molecular weight excluding hydrogens is 307 g/mol. The van der Waals surface area contributed by atoms with E-state index < -0.39 is 5.82 Å². The zero-order valence-corrected chi connectivity index (χ0v) is 11.0. The summed E-state index contributed by atoms with van der Waals surface area (Å²) < 4.78 is 13.5. The van der Waals surface area contributed by atoms with Crippen molar-refractivity contribution in [1.29, 1.82) is 0 Å². The lowest BCUT2D eigenvalue weighted by Gasteiger charge is -2.11. The summed E-state index contributed by atoms with van der Waals surface area (Å²) in [7, 11) is 0. The van der Waals surface area contributed by atoms with Crippen molar-refractivity contribution < 1.29 is 4.39 Å². The molecule has 2 aromatic carbocycles. The van der Waals surface area contributed by atoms with Crippen LogP contribution < -0.4 is 11.1 Å². The van der Waals surface area contributed by atoms with Gasteiger partial charge in [-0.3, -0.25) is 0 Å². The van der Waals surface area contributed by atoms with E-state index in [9.17, 15) is 4.39 Å². The van der Waals surface area contributed by atoms with E-state index >= 15 is 0 Å². The van der Waals surface area contributed by atoms with Crippen molar-refractivity contribution in [2.45, 2.75) is 0 Å². The van der Waals surface area contributed by atoms with Crippen molar-refractivity contribution >= 4 is 44.6 Å². The first-order valence-electron chi connectivity index (χ1n) is 4.84. The number of para-hydroxylation sites is 1. The number of nitrogen functional groups attached to an aromatic ring is 1. The maximum atomic E-state index is 13.2. The van der Waals surface area contributed by atoms with Crippen molar-refractivity contribution in [3.05, 3.63) is 51.7 Å². The molecule has 0 saturated heterocycles. The second kappa shape index (κ2) is 4.94. The third kappa shape index (κ3) is 2.70. The monoisotopic (exact) mass is 314 g/mol. The lowest BCUT2D eigenvalue weighted by molar-refractivity contribution is 0.622. The van der Waals surface area contributed by atoms with Crippen LogP contribution in [0.25, 0.3) is 0 Å². The fraction of sp³-hybridized carbons (Fsp3) is 0. The highest BCUT2D eigenvalue weighted by atomic mass is 79.9. The molecule has 0 bridgehead atoms. The molecule has 17 heavy (non-hydrogen) atoms. The molecule has 88 valence electrons. The van der Waals surface area contributed by atoms with Crippen molar-refractivity contribution in [3.63, 3.8) is 0 Å². The van der Waals surface area contributed by atoms with E-state index in [0.717, 1.165) is 5.69 Å². The van der Waals surface area contributed by atoms with Gasteiger partial charge in [-0.1, -0.05) is 23.7 Å². The molecule has 0 amide bonds. The Labute approximate surface area is 112 Å². The molecule has 2 nitrogen and oxygen atoms in total. The summed E-state index contributed by atoms with van der Waals surface area (Å²) >= 11 is 9.12. The van der Waals surface area contributed by atoms with Crippen LogP contribution in [0.15, 0.2) is 40.9 Å². The van der Waals surface area contributed by atoms with Crippen molar-refractivity contribution in [2.75, 3.05) is 11.1 Å². The Morgan fingerprint density at radius 2 is 1.88 bits per heavy atom. The maximum absolute atomic E-state index is 13.2. The maximum Gasteiger partial charge on any atom is 0.139 e. The molecule has 0 aliphatic rings. The summed E-state index contributed by atoms with van der Waals surface area (Å²) in [4.78, 5) is 0. The Hall–Kier alpha value is -1.26. The van der Waals surface area contributed by atoms with Crippen molar-refractivity contribution in [1.82, 2.24) is 0 Å². The van der Waals surface area contributed by atoms with Crippen LogP contribution in [0.4, 0.5) is 21.5 Å². The molecule has 5 heteroatoms. The molecule has 0 heterocycles. The average molecular weight is 316 g/mol. The van der Waals surface area contributed by atoms with Gasteiger partial charge in [0.25, 0.3) is 0 Å². The number of halogens is 3. The van der Waals surface area contributed by atoms with Crippen LogP contribution in [-0.4, -0.2) is 0 Å². The lowest BCUT2D eigenvalue weighted by Crippen LogP contribution is -1.98. The Morgan fingerprint density at radius 3 is 2.59 bits per heavy atom. The zero-order valence-electron chi connectivity index (χ0n) is 8.68. The molecule has 0 aliphatic heterocycles. The molecule has 0 unspecified atom stereocenters. The van der Waals surface area contributed by atoms with E-state index in [0.29, 0.717) is 20.9 Å². The third-order valence-corrected chi connectivity index (χ3v) is 3.17. The topological polar surface area (TPSA) is 38.0 Å². The number of rotatable bonds is 2. The van der Waals surface area contributed by atoms with Gasteiger partial charge in [0.05, 0.1) is 26.6 Å². The quantitative estimate of drug-likeness (QED) is 0.797. The Morgan fingerprint density at radius 1 is 1.18 bits per heavy atom. The molecule has 0 aromatic heterocycles. The summed E-state index contributed by atoms with van der Waals surface area (Å²) in [5.41, 5.74) is 7.37. The second-order valence-electron chi connectivity index (χ2n) is 3.46. The fourth-order valence-electron chi connectivity index (χ4n) is 1.38. The smallest absolute Gasteiger partial charge is 0.139 e. The van der Waals surface area contributed by atoms with Gasteiger partial charge in [0.15, 0.2) is 0 Å². The number of nitrogens with two attached hydrogens (primary N) is 1. The average Bonchev–Trinajstić information content (AvgIpc) is 2.29. The van der Waals surface area contributed by atoms with Crippen LogP contribution in [0, 0.1) is 5.82 Å². The molecular formula is C12H9BrClFN2. The standard InChI is InChI=1S/C12H9BrClFN2/c13-7-5-12(10(16)6-9(7)15)17-11-4-2-1-3-8(11)14/h1-6,17H,16H2. The van der Waals surface area contributed by atoms with E-state index in [1.807, 2.05) is 18.2 Å². The number of benzene rings is 2. The highest BCUT2D eigenvalue weighted by molar-refractivity contribution is 9.10. The predicted octanol–water partition coefficient (Wildman–Crippen LogP) is 4.57. The van der Waals surface area contributed by atoms with E-state index in [-0.39, 0.29) is 0 Å². The summed E-state index contributed by atoms with van der Waals surface area (Å²) in [6, 6.07) is 10.1. The molecule has 3 N–H and O–H groups in total. The van der Waals surface area contributed by atoms with Gasteiger partial charge >= 0.3 is 0 Å². The van der Waals surface area contributed by atoms with Gasteiger partial charge in [-0.25, -0.2) is 4.39 Å². The second-order valence-corrected chi connectivity index (χ2v) is 4.72. The van der Waals surface area contributed by atoms with Gasteiger partial charge in [0, 0.05) is 6.07 Å². The van der Waals surface area contributed by atoms with E-state index in [1.165, 1.54) is 6.07 Å². The summed E-state index contributed by atoms with van der Waals surface area (Å²) in [6.07, 6.45) is 0. The number of hydrogen-bond donors (Lipinski definition) is 2. The summed E-state index contributed by atoms with van der Waals surface area (Å²) in [6.45, 7) is 0. The molecule has 0 radical (unpaired) electrons. The van der Waals surface area contributed by atoms with Gasteiger partial charge in [0.2, 0.25) is 0 Å². The van der Waals surface area contributed by atoms with Gasteiger partial charge < -0.3 is 11.1 Å². The lowest BCUT2D eigenvalue weighted by atomic mass is 10.2. The van der Waals surface area contributed by atoms with Crippen LogP contribution in [-0.2, 0) is 0 Å². The fourth-order valence-corrected chi connectivity index (χ4v) is 1.90. The van der Waals surface area contributed by atoms with Crippen molar-refractivity contribution in [2.24, 2.45) is 0 Å².